The Morgan fingerprint density at radius 1 is 1.25 bits per heavy atom. The van der Waals surface area contributed by atoms with Crippen LogP contribution in [0.3, 0.4) is 0 Å². The van der Waals surface area contributed by atoms with Crippen LogP contribution in [0.15, 0.2) is 29.3 Å². The van der Waals surface area contributed by atoms with Gasteiger partial charge in [-0.15, -0.1) is 0 Å². The van der Waals surface area contributed by atoms with Gasteiger partial charge in [0.1, 0.15) is 12.4 Å². The van der Waals surface area contributed by atoms with Crippen molar-refractivity contribution in [1.29, 1.82) is 0 Å². The number of sulfone groups is 1. The fraction of sp³-hybridized carbons (Fsp3) is 0.579. The number of guanidine groups is 1. The summed E-state index contributed by atoms with van der Waals surface area (Å²) in [6.45, 7) is 6.08. The molecule has 1 atom stereocenters. The van der Waals surface area contributed by atoms with Crippen molar-refractivity contribution in [2.75, 3.05) is 37.7 Å². The maximum Gasteiger partial charge on any atom is 0.222 e. The van der Waals surface area contributed by atoms with E-state index >= 15 is 0 Å². The highest BCUT2D eigenvalue weighted by Gasteiger charge is 2.28. The topological polar surface area (TPSA) is 109 Å². The average Bonchev–Trinajstić information content (AvgIpc) is 2.98. The molecule has 0 spiro atoms. The number of hydrogen-bond acceptors (Lipinski definition) is 5. The Morgan fingerprint density at radius 3 is 2.64 bits per heavy atom. The first-order valence-corrected chi connectivity index (χ1v) is 11.4. The third-order valence-electron chi connectivity index (χ3n) is 4.23. The molecular formula is C19H30N4O4S. The van der Waals surface area contributed by atoms with Gasteiger partial charge in [-0.1, -0.05) is 17.7 Å². The van der Waals surface area contributed by atoms with Crippen molar-refractivity contribution in [3.8, 4) is 5.75 Å². The van der Waals surface area contributed by atoms with Crippen LogP contribution in [0.5, 0.6) is 5.75 Å². The zero-order chi connectivity index (χ0) is 20.4. The molecule has 28 heavy (non-hydrogen) atoms. The number of amides is 1. The third kappa shape index (κ3) is 8.16. The van der Waals surface area contributed by atoms with Gasteiger partial charge in [0.15, 0.2) is 15.8 Å². The van der Waals surface area contributed by atoms with Gasteiger partial charge < -0.3 is 20.7 Å². The predicted molar refractivity (Wildman–Crippen MR) is 110 cm³/mol. The van der Waals surface area contributed by atoms with Crippen LogP contribution < -0.4 is 20.7 Å². The molecule has 0 radical (unpaired) electrons. The predicted octanol–water partition coefficient (Wildman–Crippen LogP) is 0.622. The number of aliphatic imine (C=N–C) groups is 1. The summed E-state index contributed by atoms with van der Waals surface area (Å²) >= 11 is 0. The Hall–Kier alpha value is -2.29. The Bertz CT molecular complexity index is 763. The van der Waals surface area contributed by atoms with Crippen molar-refractivity contribution in [2.24, 2.45) is 4.99 Å². The van der Waals surface area contributed by atoms with Gasteiger partial charge in [-0.05, 0) is 32.4 Å². The SMILES string of the molecule is CCNC(=NCCC(=O)NC1CCS(=O)(=O)C1)NCCOc1ccc(C)cc1. The van der Waals surface area contributed by atoms with Crippen molar-refractivity contribution in [3.63, 3.8) is 0 Å². The third-order valence-corrected chi connectivity index (χ3v) is 6.00. The van der Waals surface area contributed by atoms with E-state index in [1.54, 1.807) is 0 Å². The van der Waals surface area contributed by atoms with E-state index in [2.05, 4.69) is 20.9 Å². The largest absolute Gasteiger partial charge is 0.492 e. The van der Waals surface area contributed by atoms with E-state index in [1.807, 2.05) is 38.1 Å². The number of carbonyl (C=O) groups is 1. The molecule has 156 valence electrons. The van der Waals surface area contributed by atoms with E-state index in [9.17, 15) is 13.2 Å². The number of benzene rings is 1. The molecule has 3 N–H and O–H groups in total. The number of rotatable bonds is 9. The molecule has 0 aromatic heterocycles. The number of hydrogen-bond donors (Lipinski definition) is 3. The molecule has 1 fully saturated rings. The first kappa shape index (κ1) is 22.0. The van der Waals surface area contributed by atoms with E-state index in [1.165, 1.54) is 5.56 Å². The van der Waals surface area contributed by atoms with Gasteiger partial charge in [-0.2, -0.15) is 0 Å². The molecule has 1 amide bonds. The normalized spacial score (nSPS) is 18.5. The molecule has 9 heteroatoms. The second-order valence-electron chi connectivity index (χ2n) is 6.77. The Kier molecular flexibility index (Phi) is 8.56. The van der Waals surface area contributed by atoms with E-state index in [0.717, 1.165) is 5.75 Å². The van der Waals surface area contributed by atoms with Crippen LogP contribution in [0.2, 0.25) is 0 Å². The highest BCUT2D eigenvalue weighted by atomic mass is 32.2. The smallest absolute Gasteiger partial charge is 0.222 e. The second-order valence-corrected chi connectivity index (χ2v) is 9.00. The lowest BCUT2D eigenvalue weighted by molar-refractivity contribution is -0.121. The van der Waals surface area contributed by atoms with E-state index in [0.29, 0.717) is 38.6 Å². The molecule has 8 nitrogen and oxygen atoms in total. The summed E-state index contributed by atoms with van der Waals surface area (Å²) in [5.41, 5.74) is 1.19. The highest BCUT2D eigenvalue weighted by Crippen LogP contribution is 2.11. The van der Waals surface area contributed by atoms with E-state index in [-0.39, 0.29) is 29.9 Å². The van der Waals surface area contributed by atoms with Gasteiger partial charge in [0, 0.05) is 19.0 Å². The van der Waals surface area contributed by atoms with Crippen LogP contribution in [-0.2, 0) is 14.6 Å². The summed E-state index contributed by atoms with van der Waals surface area (Å²) in [5.74, 6) is 1.44. The quantitative estimate of drug-likeness (QED) is 0.313. The molecule has 2 rings (SSSR count). The molecular weight excluding hydrogens is 380 g/mol. The van der Waals surface area contributed by atoms with E-state index < -0.39 is 9.84 Å². The molecule has 0 bridgehead atoms. The van der Waals surface area contributed by atoms with Crippen molar-refractivity contribution < 1.29 is 17.9 Å². The molecule has 1 aromatic carbocycles. The number of nitrogens with zero attached hydrogens (tertiary/aromatic N) is 1. The van der Waals surface area contributed by atoms with Crippen LogP contribution in [0, 0.1) is 6.92 Å². The molecule has 1 unspecified atom stereocenters. The minimum absolute atomic E-state index is 0.0349. The molecule has 1 saturated heterocycles. The molecule has 0 aliphatic carbocycles. The van der Waals surface area contributed by atoms with Gasteiger partial charge in [0.2, 0.25) is 5.91 Å². The van der Waals surface area contributed by atoms with Crippen LogP contribution in [-0.4, -0.2) is 64.1 Å². The summed E-state index contributed by atoms with van der Waals surface area (Å²) in [5, 5.41) is 9.05. The number of nitrogens with one attached hydrogen (secondary N) is 3. The molecule has 1 aliphatic heterocycles. The van der Waals surface area contributed by atoms with Crippen LogP contribution in [0.4, 0.5) is 0 Å². The van der Waals surface area contributed by atoms with Crippen molar-refractivity contribution in [2.45, 2.75) is 32.7 Å². The highest BCUT2D eigenvalue weighted by molar-refractivity contribution is 7.91. The van der Waals surface area contributed by atoms with Gasteiger partial charge >= 0.3 is 0 Å². The second kappa shape index (κ2) is 10.9. The van der Waals surface area contributed by atoms with Gasteiger partial charge in [0.25, 0.3) is 0 Å². The monoisotopic (exact) mass is 410 g/mol. The summed E-state index contributed by atoms with van der Waals surface area (Å²) < 4.78 is 28.5. The number of carbonyl (C=O) groups excluding carboxylic acids is 1. The fourth-order valence-electron chi connectivity index (χ4n) is 2.79. The summed E-state index contributed by atoms with van der Waals surface area (Å²) in [7, 11) is -2.99. The fourth-order valence-corrected chi connectivity index (χ4v) is 4.47. The van der Waals surface area contributed by atoms with Crippen LogP contribution in [0.1, 0.15) is 25.3 Å². The average molecular weight is 411 g/mol. The summed E-state index contributed by atoms with van der Waals surface area (Å²) in [6.07, 6.45) is 0.704. The Morgan fingerprint density at radius 2 is 2.00 bits per heavy atom. The van der Waals surface area contributed by atoms with Gasteiger partial charge in [-0.3, -0.25) is 9.79 Å². The van der Waals surface area contributed by atoms with Crippen molar-refractivity contribution in [3.05, 3.63) is 29.8 Å². The van der Waals surface area contributed by atoms with Crippen molar-refractivity contribution >= 4 is 21.7 Å². The maximum atomic E-state index is 12.0. The van der Waals surface area contributed by atoms with E-state index in [4.69, 9.17) is 4.74 Å². The Balaban J connectivity index is 1.67. The number of aryl methyl sites for hydroxylation is 1. The minimum atomic E-state index is -2.99. The lowest BCUT2D eigenvalue weighted by atomic mass is 10.2. The molecule has 1 aromatic rings. The number of ether oxygens (including phenoxy) is 1. The van der Waals surface area contributed by atoms with Crippen molar-refractivity contribution in [1.82, 2.24) is 16.0 Å². The van der Waals surface area contributed by atoms with Crippen LogP contribution >= 0.6 is 0 Å². The molecule has 0 saturated carbocycles. The minimum Gasteiger partial charge on any atom is -0.492 e. The lowest BCUT2D eigenvalue weighted by Gasteiger charge is -2.13. The molecule has 1 heterocycles. The zero-order valence-electron chi connectivity index (χ0n) is 16.5. The first-order chi connectivity index (χ1) is 13.4. The standard InChI is InChI=1S/C19H30N4O4S/c1-3-20-19(22-11-12-27-17-6-4-15(2)5-7-17)21-10-8-18(24)23-16-9-13-28(25,26)14-16/h4-7,16H,3,8-14H2,1-2H3,(H,23,24)(H2,20,21,22). The van der Waals surface area contributed by atoms with Crippen LogP contribution in [0.25, 0.3) is 0 Å². The van der Waals surface area contributed by atoms with Gasteiger partial charge in [-0.25, -0.2) is 8.42 Å². The summed E-state index contributed by atoms with van der Waals surface area (Å²) in [4.78, 5) is 16.3. The first-order valence-electron chi connectivity index (χ1n) is 9.59. The maximum absolute atomic E-state index is 12.0. The zero-order valence-corrected chi connectivity index (χ0v) is 17.3. The Labute approximate surface area is 167 Å². The molecule has 1 aliphatic rings. The lowest BCUT2D eigenvalue weighted by Crippen LogP contribution is -2.40. The summed E-state index contributed by atoms with van der Waals surface area (Å²) in [6, 6.07) is 7.60. The van der Waals surface area contributed by atoms with Gasteiger partial charge in [0.05, 0.1) is 24.6 Å².